The summed E-state index contributed by atoms with van der Waals surface area (Å²) in [5.41, 5.74) is 0.364. The predicted octanol–water partition coefficient (Wildman–Crippen LogP) is 2.29. The minimum Gasteiger partial charge on any atom is -0.352 e. The highest BCUT2D eigenvalue weighted by molar-refractivity contribution is 5.92. The summed E-state index contributed by atoms with van der Waals surface area (Å²) in [7, 11) is 0. The van der Waals surface area contributed by atoms with Crippen molar-refractivity contribution in [2.24, 2.45) is 0 Å². The number of hydrogen-bond donors (Lipinski definition) is 2. The molecule has 0 aliphatic rings. The molecule has 0 fully saturated rings. The number of hydrogen-bond acceptors (Lipinski definition) is 5. The van der Waals surface area contributed by atoms with Crippen LogP contribution in [-0.4, -0.2) is 42.4 Å². The highest BCUT2D eigenvalue weighted by Gasteiger charge is 2.35. The van der Waals surface area contributed by atoms with Gasteiger partial charge in [-0.15, -0.1) is 13.2 Å². The first-order valence-electron chi connectivity index (χ1n) is 8.98. The van der Waals surface area contributed by atoms with Crippen molar-refractivity contribution in [1.82, 2.24) is 35.0 Å². The number of carbonyl (C=O) groups is 2. The first-order valence-corrected chi connectivity index (χ1v) is 8.98. The first-order chi connectivity index (χ1) is 14.9. The highest BCUT2D eigenvalue weighted by atomic mass is 19.4. The third kappa shape index (κ3) is 5.95. The van der Waals surface area contributed by atoms with Gasteiger partial charge in [-0.25, -0.2) is 9.50 Å². The molecule has 0 radical (unpaired) electrons. The van der Waals surface area contributed by atoms with Gasteiger partial charge in [0.1, 0.15) is 5.69 Å². The number of carbonyl (C=O) groups excluding carboxylic acids is 2. The molecule has 0 saturated carbocycles. The van der Waals surface area contributed by atoms with E-state index in [2.05, 4.69) is 25.8 Å². The van der Waals surface area contributed by atoms with E-state index in [0.29, 0.717) is 11.2 Å². The molecule has 3 rings (SSSR count). The lowest BCUT2D eigenvalue weighted by Crippen LogP contribution is -2.30. The molecule has 15 heteroatoms. The second kappa shape index (κ2) is 8.84. The fourth-order valence-electron chi connectivity index (χ4n) is 2.63. The molecule has 3 heterocycles. The van der Waals surface area contributed by atoms with Crippen LogP contribution in [0.2, 0.25) is 0 Å². The number of alkyl halides is 6. The molecule has 0 unspecified atom stereocenters. The summed E-state index contributed by atoms with van der Waals surface area (Å²) in [5, 5.41) is 11.8. The van der Waals surface area contributed by atoms with E-state index in [0.717, 1.165) is 12.3 Å². The van der Waals surface area contributed by atoms with Gasteiger partial charge >= 0.3 is 12.5 Å². The summed E-state index contributed by atoms with van der Waals surface area (Å²) in [6.07, 6.45) is -7.55. The van der Waals surface area contributed by atoms with E-state index in [1.807, 2.05) is 0 Å². The Bertz CT molecular complexity index is 1120. The Balaban J connectivity index is 1.59. The molecule has 0 saturated heterocycles. The van der Waals surface area contributed by atoms with E-state index in [1.165, 1.54) is 23.0 Å². The van der Waals surface area contributed by atoms with E-state index in [1.54, 1.807) is 0 Å². The predicted molar refractivity (Wildman–Crippen MR) is 94.8 cm³/mol. The summed E-state index contributed by atoms with van der Waals surface area (Å²) in [6, 6.07) is 2.43. The zero-order valence-corrected chi connectivity index (χ0v) is 16.0. The lowest BCUT2D eigenvalue weighted by atomic mass is 10.2. The fraction of sp³-hybridized carbons (Fsp3) is 0.353. The second-order valence-corrected chi connectivity index (χ2v) is 6.57. The lowest BCUT2D eigenvalue weighted by molar-refractivity contribution is -0.213. The molecule has 0 spiro atoms. The van der Waals surface area contributed by atoms with Crippen molar-refractivity contribution in [2.75, 3.05) is 0 Å². The Morgan fingerprint density at radius 2 is 1.78 bits per heavy atom. The van der Waals surface area contributed by atoms with Gasteiger partial charge in [-0.2, -0.15) is 28.1 Å². The van der Waals surface area contributed by atoms with Crippen LogP contribution in [-0.2, 0) is 24.2 Å². The molecule has 0 aliphatic carbocycles. The number of halogens is 6. The quantitative estimate of drug-likeness (QED) is 0.523. The zero-order valence-electron chi connectivity index (χ0n) is 16.0. The Labute approximate surface area is 175 Å². The largest absolute Gasteiger partial charge is 0.505 e. The van der Waals surface area contributed by atoms with Crippen molar-refractivity contribution in [1.29, 1.82) is 0 Å². The van der Waals surface area contributed by atoms with E-state index >= 15 is 0 Å². The van der Waals surface area contributed by atoms with Crippen LogP contribution in [0.15, 0.2) is 30.7 Å². The molecule has 32 heavy (non-hydrogen) atoms. The van der Waals surface area contributed by atoms with E-state index in [9.17, 15) is 35.9 Å². The molecular formula is C17H15F6N7O2. The summed E-state index contributed by atoms with van der Waals surface area (Å²) >= 11 is 0. The third-order valence-corrected chi connectivity index (χ3v) is 4.10. The molecule has 2 N–H and O–H groups in total. The van der Waals surface area contributed by atoms with Gasteiger partial charge in [-0.3, -0.25) is 9.59 Å². The van der Waals surface area contributed by atoms with Gasteiger partial charge in [0.2, 0.25) is 5.91 Å². The maximum absolute atomic E-state index is 12.8. The van der Waals surface area contributed by atoms with Crippen LogP contribution in [0.1, 0.15) is 34.6 Å². The number of imidazole rings is 1. The fourth-order valence-corrected chi connectivity index (χ4v) is 2.63. The van der Waals surface area contributed by atoms with Crippen molar-refractivity contribution < 1.29 is 35.9 Å². The van der Waals surface area contributed by atoms with Gasteiger partial charge in [-0.1, -0.05) is 0 Å². The van der Waals surface area contributed by atoms with Gasteiger partial charge in [0, 0.05) is 13.0 Å². The van der Waals surface area contributed by atoms with Crippen LogP contribution in [0, 0.1) is 0 Å². The monoisotopic (exact) mass is 463 g/mol. The van der Waals surface area contributed by atoms with Gasteiger partial charge in [0.05, 0.1) is 37.3 Å². The topological polar surface area (TPSA) is 106 Å². The molecule has 2 amide bonds. The van der Waals surface area contributed by atoms with Crippen LogP contribution in [0.5, 0.6) is 0 Å². The standard InChI is InChI=1S/C17H15F6N7O2/c18-16(19,20)3-1-14(31)24-6-10-5-13-28-11(9-29(13)27-7-10)8-25-15(32)12-2-4-26-30(12)17(21,22)23/h2,4-5,7,9H,1,3,6,8H2,(H,24,31)(H,25,32). The normalized spacial score (nSPS) is 12.2. The molecule has 3 aromatic rings. The summed E-state index contributed by atoms with van der Waals surface area (Å²) in [6.45, 7) is -0.269. The number of fused-ring (bicyclic) bond motifs is 1. The van der Waals surface area contributed by atoms with Crippen molar-refractivity contribution in [3.8, 4) is 0 Å². The average molecular weight is 463 g/mol. The molecule has 0 bridgehead atoms. The summed E-state index contributed by atoms with van der Waals surface area (Å²) < 4.78 is 75.8. The van der Waals surface area contributed by atoms with Crippen LogP contribution in [0.4, 0.5) is 26.3 Å². The first kappa shape index (κ1) is 23.0. The molecule has 0 atom stereocenters. The van der Waals surface area contributed by atoms with Gasteiger partial charge in [0.25, 0.3) is 5.91 Å². The molecule has 172 valence electrons. The van der Waals surface area contributed by atoms with E-state index < -0.39 is 42.8 Å². The third-order valence-electron chi connectivity index (χ3n) is 4.10. The minimum absolute atomic E-state index is 0.0689. The van der Waals surface area contributed by atoms with Crippen LogP contribution < -0.4 is 10.6 Å². The number of rotatable bonds is 7. The number of nitrogens with zero attached hydrogens (tertiary/aromatic N) is 5. The molecule has 9 nitrogen and oxygen atoms in total. The summed E-state index contributed by atoms with van der Waals surface area (Å²) in [5.74, 6) is -1.78. The Hall–Kier alpha value is -3.65. The molecule has 0 aliphatic heterocycles. The number of amides is 2. The smallest absolute Gasteiger partial charge is 0.352 e. The van der Waals surface area contributed by atoms with Crippen molar-refractivity contribution in [3.63, 3.8) is 0 Å². The average Bonchev–Trinajstić information content (AvgIpc) is 3.34. The van der Waals surface area contributed by atoms with E-state index in [-0.39, 0.29) is 23.5 Å². The van der Waals surface area contributed by atoms with Crippen molar-refractivity contribution >= 4 is 17.5 Å². The minimum atomic E-state index is -4.85. The molecule has 0 aromatic carbocycles. The highest BCUT2D eigenvalue weighted by Crippen LogP contribution is 2.23. The van der Waals surface area contributed by atoms with Crippen molar-refractivity contribution in [2.45, 2.75) is 38.4 Å². The van der Waals surface area contributed by atoms with Gasteiger partial charge in [0.15, 0.2) is 5.65 Å². The van der Waals surface area contributed by atoms with Gasteiger partial charge < -0.3 is 10.6 Å². The molecule has 3 aromatic heterocycles. The van der Waals surface area contributed by atoms with Crippen molar-refractivity contribution in [3.05, 3.63) is 47.7 Å². The van der Waals surface area contributed by atoms with Gasteiger partial charge in [-0.05, 0) is 17.7 Å². The second-order valence-electron chi connectivity index (χ2n) is 6.57. The number of nitrogens with one attached hydrogen (secondary N) is 2. The Kier molecular flexibility index (Phi) is 6.36. The van der Waals surface area contributed by atoms with E-state index in [4.69, 9.17) is 0 Å². The zero-order chi connectivity index (χ0) is 23.5. The molecular weight excluding hydrogens is 448 g/mol. The van der Waals surface area contributed by atoms with Crippen LogP contribution in [0.3, 0.4) is 0 Å². The van der Waals surface area contributed by atoms with Crippen LogP contribution >= 0.6 is 0 Å². The number of aromatic nitrogens is 5. The Morgan fingerprint density at radius 3 is 2.47 bits per heavy atom. The maximum Gasteiger partial charge on any atom is 0.505 e. The lowest BCUT2D eigenvalue weighted by Gasteiger charge is -2.10. The Morgan fingerprint density at radius 1 is 1.03 bits per heavy atom. The SMILES string of the molecule is O=C(CCC(F)(F)F)NCc1cnn2cc(CNC(=O)c3ccnn3C(F)(F)F)nc2c1. The van der Waals surface area contributed by atoms with Crippen LogP contribution in [0.25, 0.3) is 5.65 Å². The summed E-state index contributed by atoms with van der Waals surface area (Å²) in [4.78, 5) is 27.7. The maximum atomic E-state index is 12.8.